The first kappa shape index (κ1) is 12.8. The largest absolute Gasteiger partial charge is 0.355 e. The molecule has 0 amide bonds. The van der Waals surface area contributed by atoms with Crippen molar-refractivity contribution in [1.82, 2.24) is 4.98 Å². The number of nitrogens with zero attached hydrogens (tertiary/aromatic N) is 3. The van der Waals surface area contributed by atoms with Crippen molar-refractivity contribution in [2.45, 2.75) is 25.2 Å². The van der Waals surface area contributed by atoms with Crippen LogP contribution in [0.25, 0.3) is 0 Å². The van der Waals surface area contributed by atoms with E-state index >= 15 is 0 Å². The van der Waals surface area contributed by atoms with Gasteiger partial charge >= 0.3 is 0 Å². The predicted molar refractivity (Wildman–Crippen MR) is 70.1 cm³/mol. The number of pyridine rings is 1. The molecule has 1 atom stereocenters. The van der Waals surface area contributed by atoms with E-state index in [2.05, 4.69) is 27.0 Å². The van der Waals surface area contributed by atoms with Gasteiger partial charge in [-0.2, -0.15) is 5.26 Å². The summed E-state index contributed by atoms with van der Waals surface area (Å²) in [5.74, 6) is -2.03. The van der Waals surface area contributed by atoms with Gasteiger partial charge in [-0.25, -0.2) is 13.8 Å². The van der Waals surface area contributed by atoms with Crippen LogP contribution in [-0.4, -0.2) is 24.0 Å². The molecule has 2 heterocycles. The second-order valence-electron chi connectivity index (χ2n) is 5.32. The molecule has 3 rings (SSSR count). The maximum atomic E-state index is 13.5. The van der Waals surface area contributed by atoms with E-state index in [4.69, 9.17) is 5.26 Å². The second kappa shape index (κ2) is 4.14. The van der Waals surface area contributed by atoms with E-state index in [9.17, 15) is 8.78 Å². The van der Waals surface area contributed by atoms with Crippen LogP contribution in [0.5, 0.6) is 0 Å². The summed E-state index contributed by atoms with van der Waals surface area (Å²) in [6.07, 6.45) is 2.85. The van der Waals surface area contributed by atoms with Gasteiger partial charge in [0.15, 0.2) is 0 Å². The first-order valence-electron chi connectivity index (χ1n) is 6.16. The Kier molecular flexibility index (Phi) is 2.79. The van der Waals surface area contributed by atoms with Gasteiger partial charge < -0.3 is 4.90 Å². The molecule has 1 aliphatic heterocycles. The molecule has 0 bridgehead atoms. The topological polar surface area (TPSA) is 39.9 Å². The molecule has 0 N–H and O–H groups in total. The van der Waals surface area contributed by atoms with Crippen molar-refractivity contribution in [3.63, 3.8) is 0 Å². The lowest BCUT2D eigenvalue weighted by molar-refractivity contribution is 0.0575. The summed E-state index contributed by atoms with van der Waals surface area (Å²) in [4.78, 5) is 6.05. The molecule has 100 valence electrons. The number of aromatic nitrogens is 1. The van der Waals surface area contributed by atoms with Crippen LogP contribution in [0.3, 0.4) is 0 Å². The summed E-state index contributed by atoms with van der Waals surface area (Å²) in [5, 5.41) is 9.14. The molecule has 2 fully saturated rings. The minimum absolute atomic E-state index is 0.0328. The summed E-state index contributed by atoms with van der Waals surface area (Å²) in [7, 11) is 0. The number of anilines is 1. The predicted octanol–water partition coefficient (Wildman–Crippen LogP) is 3.34. The highest BCUT2D eigenvalue weighted by Gasteiger charge is 2.71. The zero-order valence-corrected chi connectivity index (χ0v) is 11.8. The highest BCUT2D eigenvalue weighted by atomic mass is 79.9. The fourth-order valence-electron chi connectivity index (χ4n) is 2.90. The summed E-state index contributed by atoms with van der Waals surface area (Å²) >= 11 is 3.26. The lowest BCUT2D eigenvalue weighted by Crippen LogP contribution is -2.39. The van der Waals surface area contributed by atoms with E-state index in [0.717, 1.165) is 10.9 Å². The van der Waals surface area contributed by atoms with Crippen LogP contribution in [0.15, 0.2) is 16.7 Å². The smallest absolute Gasteiger partial charge is 0.256 e. The minimum atomic E-state index is -2.55. The third-order valence-electron chi connectivity index (χ3n) is 4.04. The van der Waals surface area contributed by atoms with Gasteiger partial charge in [0.05, 0.1) is 11.0 Å². The van der Waals surface area contributed by atoms with Crippen molar-refractivity contribution in [3.05, 3.63) is 22.3 Å². The summed E-state index contributed by atoms with van der Waals surface area (Å²) in [5.41, 5.74) is -0.456. The third kappa shape index (κ3) is 2.00. The molecular formula is C13H12BrF2N3. The fourth-order valence-corrected chi connectivity index (χ4v) is 3.23. The Morgan fingerprint density at radius 3 is 2.84 bits per heavy atom. The zero-order valence-electron chi connectivity index (χ0n) is 10.2. The summed E-state index contributed by atoms with van der Waals surface area (Å²) < 4.78 is 27.7. The van der Waals surface area contributed by atoms with Gasteiger partial charge in [-0.15, -0.1) is 0 Å². The molecule has 19 heavy (non-hydrogen) atoms. The Hall–Kier alpha value is -1.22. The second-order valence-corrected chi connectivity index (χ2v) is 6.24. The van der Waals surface area contributed by atoms with Gasteiger partial charge in [0.1, 0.15) is 11.9 Å². The summed E-state index contributed by atoms with van der Waals surface area (Å²) in [6, 6.07) is 3.76. The van der Waals surface area contributed by atoms with Gasteiger partial charge in [0.2, 0.25) is 0 Å². The minimum Gasteiger partial charge on any atom is -0.355 e. The maximum Gasteiger partial charge on any atom is 0.256 e. The Morgan fingerprint density at radius 1 is 1.47 bits per heavy atom. The van der Waals surface area contributed by atoms with E-state index in [1.807, 2.05) is 4.90 Å². The Labute approximate surface area is 118 Å². The lowest BCUT2D eigenvalue weighted by Gasteiger charge is -2.34. The number of nitriles is 1. The molecule has 1 unspecified atom stereocenters. The third-order valence-corrected chi connectivity index (χ3v) is 4.48. The normalized spacial score (nSPS) is 28.2. The summed E-state index contributed by atoms with van der Waals surface area (Å²) in [6.45, 7) is 0.977. The number of halogens is 3. The number of hydrogen-bond donors (Lipinski definition) is 0. The van der Waals surface area contributed by atoms with Crippen LogP contribution in [0.1, 0.15) is 24.8 Å². The number of alkyl halides is 2. The van der Waals surface area contributed by atoms with Crippen LogP contribution in [0, 0.1) is 16.7 Å². The Balaban J connectivity index is 1.89. The van der Waals surface area contributed by atoms with Crippen molar-refractivity contribution < 1.29 is 8.78 Å². The molecule has 1 aromatic heterocycles. The van der Waals surface area contributed by atoms with Crippen molar-refractivity contribution in [2.24, 2.45) is 5.41 Å². The van der Waals surface area contributed by atoms with E-state index < -0.39 is 11.3 Å². The van der Waals surface area contributed by atoms with Crippen LogP contribution in [0.4, 0.5) is 14.6 Å². The monoisotopic (exact) mass is 327 g/mol. The quantitative estimate of drug-likeness (QED) is 0.794. The first-order valence-corrected chi connectivity index (χ1v) is 6.95. The lowest BCUT2D eigenvalue weighted by atomic mass is 9.94. The number of piperidine rings is 1. The van der Waals surface area contributed by atoms with Crippen molar-refractivity contribution >= 4 is 21.7 Å². The molecule has 1 aromatic rings. The molecule has 6 heteroatoms. The standard InChI is InChI=1S/C13H12BrF2N3/c14-10-4-9(5-17)11(18-6-10)19-3-1-2-12(8-19)7-13(12,15)16/h4,6H,1-3,7-8H2. The van der Waals surface area contributed by atoms with Gasteiger partial charge in [0, 0.05) is 30.2 Å². The van der Waals surface area contributed by atoms with Gasteiger partial charge in [-0.05, 0) is 34.8 Å². The average Bonchev–Trinajstić information content (AvgIpc) is 2.89. The van der Waals surface area contributed by atoms with Crippen LogP contribution >= 0.6 is 15.9 Å². The molecule has 1 spiro atoms. The first-order chi connectivity index (χ1) is 8.97. The molecule has 1 saturated heterocycles. The molecule has 1 saturated carbocycles. The number of rotatable bonds is 1. The fraction of sp³-hybridized carbons (Fsp3) is 0.538. The van der Waals surface area contributed by atoms with Gasteiger partial charge in [0.25, 0.3) is 5.92 Å². The van der Waals surface area contributed by atoms with Crippen LogP contribution in [-0.2, 0) is 0 Å². The van der Waals surface area contributed by atoms with Crippen molar-refractivity contribution in [1.29, 1.82) is 5.26 Å². The Morgan fingerprint density at radius 2 is 2.21 bits per heavy atom. The van der Waals surface area contributed by atoms with E-state index in [-0.39, 0.29) is 6.42 Å². The van der Waals surface area contributed by atoms with E-state index in [1.165, 1.54) is 0 Å². The van der Waals surface area contributed by atoms with Gasteiger partial charge in [-0.3, -0.25) is 0 Å². The average molecular weight is 328 g/mol. The maximum absolute atomic E-state index is 13.5. The Bertz CT molecular complexity index is 569. The highest BCUT2D eigenvalue weighted by Crippen LogP contribution is 2.64. The van der Waals surface area contributed by atoms with Gasteiger partial charge in [-0.1, -0.05) is 0 Å². The molecule has 0 radical (unpaired) electrons. The van der Waals surface area contributed by atoms with Crippen molar-refractivity contribution in [3.8, 4) is 6.07 Å². The van der Waals surface area contributed by atoms with Crippen LogP contribution in [0.2, 0.25) is 0 Å². The molecule has 1 aliphatic carbocycles. The van der Waals surface area contributed by atoms with E-state index in [0.29, 0.717) is 30.9 Å². The molecular weight excluding hydrogens is 316 g/mol. The van der Waals surface area contributed by atoms with Crippen molar-refractivity contribution in [2.75, 3.05) is 18.0 Å². The molecule has 0 aromatic carbocycles. The highest BCUT2D eigenvalue weighted by molar-refractivity contribution is 9.10. The zero-order chi connectivity index (χ0) is 13.7. The molecule has 3 nitrogen and oxygen atoms in total. The van der Waals surface area contributed by atoms with Crippen LogP contribution < -0.4 is 4.90 Å². The van der Waals surface area contributed by atoms with E-state index in [1.54, 1.807) is 12.3 Å². The number of hydrogen-bond acceptors (Lipinski definition) is 3. The SMILES string of the molecule is N#Cc1cc(Br)cnc1N1CCCC2(C1)CC2(F)F. The molecule has 2 aliphatic rings.